The molecule has 1 heterocycles. The molecule has 3 rings (SSSR count). The number of aryl methyl sites for hydroxylation is 1. The molecular weight excluding hydrogens is 362 g/mol. The van der Waals surface area contributed by atoms with Gasteiger partial charge in [0.1, 0.15) is 0 Å². The van der Waals surface area contributed by atoms with E-state index in [1.165, 1.54) is 31.8 Å². The fourth-order valence-electron chi connectivity index (χ4n) is 3.30. The minimum absolute atomic E-state index is 0.155. The van der Waals surface area contributed by atoms with E-state index in [-0.39, 0.29) is 23.4 Å². The third kappa shape index (κ3) is 4.14. The number of nitrogens with one attached hydrogen (secondary N) is 1. The average Bonchev–Trinajstić information content (AvgIpc) is 2.64. The number of carbonyl (C=O) groups is 1. The second-order valence-electron chi connectivity index (χ2n) is 7.01. The average molecular weight is 388 g/mol. The minimum Gasteiger partial charge on any atom is -0.359 e. The van der Waals surface area contributed by atoms with Gasteiger partial charge in [-0.3, -0.25) is 4.79 Å². The number of benzene rings is 2. The van der Waals surface area contributed by atoms with Crippen molar-refractivity contribution in [1.29, 1.82) is 0 Å². The SMILES string of the molecule is C[C@@H]1CCc2ccccc2N1CC(=O)Nc1cccc(S(=O)(=O)N(C)C)c1. The first-order chi connectivity index (χ1) is 12.8. The van der Waals surface area contributed by atoms with Crippen LogP contribution in [0.15, 0.2) is 53.4 Å². The standard InChI is InChI=1S/C20H25N3O3S/c1-15-11-12-16-7-4-5-10-19(16)23(15)14-20(24)21-17-8-6-9-18(13-17)27(25,26)22(2)3/h4-10,13,15H,11-12,14H2,1-3H3,(H,21,24)/t15-/m1/s1. The maximum Gasteiger partial charge on any atom is 0.243 e. The van der Waals surface area contributed by atoms with Gasteiger partial charge in [0.15, 0.2) is 0 Å². The zero-order chi connectivity index (χ0) is 19.6. The Morgan fingerprint density at radius 2 is 1.93 bits per heavy atom. The van der Waals surface area contributed by atoms with Crippen LogP contribution >= 0.6 is 0 Å². The molecule has 27 heavy (non-hydrogen) atoms. The van der Waals surface area contributed by atoms with Crippen LogP contribution in [0, 0.1) is 0 Å². The Hall–Kier alpha value is -2.38. The maximum atomic E-state index is 12.6. The highest BCUT2D eigenvalue weighted by Gasteiger charge is 2.24. The van der Waals surface area contributed by atoms with Crippen molar-refractivity contribution in [1.82, 2.24) is 4.31 Å². The summed E-state index contributed by atoms with van der Waals surface area (Å²) in [7, 11) is -0.576. The monoisotopic (exact) mass is 387 g/mol. The number of fused-ring (bicyclic) bond motifs is 1. The number of para-hydroxylation sites is 1. The molecular formula is C20H25N3O3S. The predicted molar refractivity (Wildman–Crippen MR) is 108 cm³/mol. The lowest BCUT2D eigenvalue weighted by molar-refractivity contribution is -0.115. The molecule has 0 saturated carbocycles. The van der Waals surface area contributed by atoms with E-state index in [0.717, 1.165) is 22.8 Å². The maximum absolute atomic E-state index is 12.6. The Kier molecular flexibility index (Phi) is 5.53. The van der Waals surface area contributed by atoms with Crippen molar-refractivity contribution < 1.29 is 13.2 Å². The highest BCUT2D eigenvalue weighted by Crippen LogP contribution is 2.30. The van der Waals surface area contributed by atoms with Gasteiger partial charge in [0.05, 0.1) is 11.4 Å². The highest BCUT2D eigenvalue weighted by atomic mass is 32.2. The third-order valence-electron chi connectivity index (χ3n) is 4.87. The lowest BCUT2D eigenvalue weighted by Gasteiger charge is -2.36. The van der Waals surface area contributed by atoms with E-state index < -0.39 is 10.0 Å². The second kappa shape index (κ2) is 7.70. The largest absolute Gasteiger partial charge is 0.359 e. The zero-order valence-corrected chi connectivity index (χ0v) is 16.7. The van der Waals surface area contributed by atoms with Crippen LogP contribution < -0.4 is 10.2 Å². The number of anilines is 2. The van der Waals surface area contributed by atoms with E-state index in [9.17, 15) is 13.2 Å². The summed E-state index contributed by atoms with van der Waals surface area (Å²) in [6.07, 6.45) is 2.01. The summed E-state index contributed by atoms with van der Waals surface area (Å²) in [4.78, 5) is 14.9. The number of sulfonamides is 1. The van der Waals surface area contributed by atoms with Crippen LogP contribution in [-0.2, 0) is 21.2 Å². The molecule has 0 unspecified atom stereocenters. The van der Waals surface area contributed by atoms with E-state index in [2.05, 4.69) is 23.2 Å². The molecule has 6 nitrogen and oxygen atoms in total. The first kappa shape index (κ1) is 19.4. The lowest BCUT2D eigenvalue weighted by atomic mass is 9.96. The molecule has 0 spiro atoms. The van der Waals surface area contributed by atoms with Crippen LogP contribution in [-0.4, -0.2) is 45.3 Å². The van der Waals surface area contributed by atoms with E-state index in [1.54, 1.807) is 12.1 Å². The summed E-state index contributed by atoms with van der Waals surface area (Å²) in [5.41, 5.74) is 2.82. The third-order valence-corrected chi connectivity index (χ3v) is 6.69. The Labute approximate surface area is 160 Å². The molecule has 0 saturated heterocycles. The van der Waals surface area contributed by atoms with Gasteiger partial charge >= 0.3 is 0 Å². The molecule has 144 valence electrons. The molecule has 7 heteroatoms. The Morgan fingerprint density at radius 3 is 2.67 bits per heavy atom. The summed E-state index contributed by atoms with van der Waals surface area (Å²) in [5.74, 6) is -0.169. The molecule has 0 aliphatic carbocycles. The lowest BCUT2D eigenvalue weighted by Crippen LogP contribution is -2.42. The Balaban J connectivity index is 1.76. The van der Waals surface area contributed by atoms with Crippen LogP contribution in [0.1, 0.15) is 18.9 Å². The number of nitrogens with zero attached hydrogens (tertiary/aromatic N) is 2. The number of amides is 1. The quantitative estimate of drug-likeness (QED) is 0.856. The van der Waals surface area contributed by atoms with Crippen LogP contribution in [0.4, 0.5) is 11.4 Å². The van der Waals surface area contributed by atoms with Crippen molar-refractivity contribution in [2.75, 3.05) is 30.9 Å². The molecule has 1 atom stereocenters. The number of hydrogen-bond donors (Lipinski definition) is 1. The topological polar surface area (TPSA) is 69.7 Å². The van der Waals surface area contributed by atoms with Crippen molar-refractivity contribution in [3.63, 3.8) is 0 Å². The van der Waals surface area contributed by atoms with Crippen LogP contribution in [0.5, 0.6) is 0 Å². The summed E-state index contributed by atoms with van der Waals surface area (Å²) in [6.45, 7) is 2.34. The van der Waals surface area contributed by atoms with Crippen LogP contribution in [0.25, 0.3) is 0 Å². The smallest absolute Gasteiger partial charge is 0.243 e. The number of carbonyl (C=O) groups excluding carboxylic acids is 1. The van der Waals surface area contributed by atoms with Gasteiger partial charge in [-0.1, -0.05) is 24.3 Å². The van der Waals surface area contributed by atoms with Gasteiger partial charge in [0.2, 0.25) is 15.9 Å². The molecule has 0 bridgehead atoms. The molecule has 1 aliphatic rings. The van der Waals surface area contributed by atoms with Crippen LogP contribution in [0.2, 0.25) is 0 Å². The predicted octanol–water partition coefficient (Wildman–Crippen LogP) is 2.72. The van der Waals surface area contributed by atoms with Gasteiger partial charge < -0.3 is 10.2 Å². The molecule has 0 fully saturated rings. The number of rotatable bonds is 5. The zero-order valence-electron chi connectivity index (χ0n) is 15.8. The Morgan fingerprint density at radius 1 is 1.19 bits per heavy atom. The molecule has 2 aromatic rings. The molecule has 1 N–H and O–H groups in total. The highest BCUT2D eigenvalue weighted by molar-refractivity contribution is 7.89. The van der Waals surface area contributed by atoms with E-state index in [0.29, 0.717) is 5.69 Å². The van der Waals surface area contributed by atoms with Crippen molar-refractivity contribution in [3.05, 3.63) is 54.1 Å². The Bertz CT molecular complexity index is 941. The normalized spacial score (nSPS) is 16.9. The van der Waals surface area contributed by atoms with Gasteiger partial charge in [-0.2, -0.15) is 0 Å². The van der Waals surface area contributed by atoms with E-state index in [1.807, 2.05) is 18.2 Å². The second-order valence-corrected chi connectivity index (χ2v) is 9.16. The van der Waals surface area contributed by atoms with Gasteiger partial charge in [-0.25, -0.2) is 12.7 Å². The first-order valence-electron chi connectivity index (χ1n) is 8.96. The van der Waals surface area contributed by atoms with E-state index >= 15 is 0 Å². The van der Waals surface area contributed by atoms with Crippen molar-refractivity contribution >= 4 is 27.3 Å². The molecule has 1 aliphatic heterocycles. The molecule has 2 aromatic carbocycles. The van der Waals surface area contributed by atoms with Gasteiger partial charge in [0.25, 0.3) is 0 Å². The van der Waals surface area contributed by atoms with Gasteiger partial charge in [-0.15, -0.1) is 0 Å². The van der Waals surface area contributed by atoms with Crippen molar-refractivity contribution in [3.8, 4) is 0 Å². The van der Waals surface area contributed by atoms with Crippen molar-refractivity contribution in [2.45, 2.75) is 30.7 Å². The van der Waals surface area contributed by atoms with Gasteiger partial charge in [-0.05, 0) is 49.6 Å². The van der Waals surface area contributed by atoms with Crippen LogP contribution in [0.3, 0.4) is 0 Å². The fraction of sp³-hybridized carbons (Fsp3) is 0.350. The fourth-order valence-corrected chi connectivity index (χ4v) is 4.25. The summed E-state index contributed by atoms with van der Waals surface area (Å²) in [6, 6.07) is 14.7. The summed E-state index contributed by atoms with van der Waals surface area (Å²) < 4.78 is 25.7. The molecule has 0 radical (unpaired) electrons. The summed E-state index contributed by atoms with van der Waals surface area (Å²) in [5, 5.41) is 2.83. The summed E-state index contributed by atoms with van der Waals surface area (Å²) >= 11 is 0. The van der Waals surface area contributed by atoms with Gasteiger partial charge in [0, 0.05) is 31.5 Å². The first-order valence-corrected chi connectivity index (χ1v) is 10.4. The number of hydrogen-bond acceptors (Lipinski definition) is 4. The van der Waals surface area contributed by atoms with E-state index in [4.69, 9.17) is 0 Å². The molecule has 1 amide bonds. The minimum atomic E-state index is -3.54. The van der Waals surface area contributed by atoms with Crippen molar-refractivity contribution in [2.24, 2.45) is 0 Å². The molecule has 0 aromatic heterocycles.